The van der Waals surface area contributed by atoms with E-state index >= 15 is 0 Å². The van der Waals surface area contributed by atoms with Crippen molar-refractivity contribution in [3.63, 3.8) is 0 Å². The molecular weight excluding hydrogens is 238 g/mol. The molecule has 0 aliphatic heterocycles. The summed E-state index contributed by atoms with van der Waals surface area (Å²) in [4.78, 5) is 0. The molecule has 5 nitrogen and oxygen atoms in total. The summed E-state index contributed by atoms with van der Waals surface area (Å²) in [6.45, 7) is 6.09. The molecular formula is C11H14ClN5. The number of rotatable bonds is 1. The lowest BCUT2D eigenvalue weighted by Gasteiger charge is -2.14. The Morgan fingerprint density at radius 2 is 2.06 bits per heavy atom. The van der Waals surface area contributed by atoms with E-state index in [-0.39, 0.29) is 5.41 Å². The van der Waals surface area contributed by atoms with E-state index in [1.807, 2.05) is 20.8 Å². The number of nitrogens with two attached hydrogens (primary N) is 1. The van der Waals surface area contributed by atoms with Crippen LogP contribution in [0.4, 0.5) is 5.82 Å². The van der Waals surface area contributed by atoms with Crippen LogP contribution in [0.5, 0.6) is 0 Å². The van der Waals surface area contributed by atoms with Gasteiger partial charge in [0, 0.05) is 11.6 Å². The van der Waals surface area contributed by atoms with Crippen LogP contribution in [0.3, 0.4) is 0 Å². The number of hydrogen-bond acceptors (Lipinski definition) is 4. The molecule has 0 spiro atoms. The minimum absolute atomic E-state index is 0.168. The van der Waals surface area contributed by atoms with E-state index in [0.717, 1.165) is 5.69 Å². The molecule has 0 aromatic carbocycles. The van der Waals surface area contributed by atoms with Crippen molar-refractivity contribution < 1.29 is 0 Å². The maximum atomic E-state index is 6.19. The molecule has 0 unspecified atom stereocenters. The molecule has 0 bridgehead atoms. The Bertz CT molecular complexity index is 527. The highest BCUT2D eigenvalue weighted by atomic mass is 35.5. The van der Waals surface area contributed by atoms with Crippen LogP contribution in [-0.4, -0.2) is 20.0 Å². The maximum Gasteiger partial charge on any atom is 0.178 e. The van der Waals surface area contributed by atoms with Crippen molar-refractivity contribution in [2.24, 2.45) is 0 Å². The van der Waals surface area contributed by atoms with Gasteiger partial charge in [0.25, 0.3) is 0 Å². The van der Waals surface area contributed by atoms with Crippen LogP contribution in [0.2, 0.25) is 5.02 Å². The lowest BCUT2D eigenvalue weighted by molar-refractivity contribution is 0.559. The average molecular weight is 252 g/mol. The first-order valence-corrected chi connectivity index (χ1v) is 5.61. The van der Waals surface area contributed by atoms with Crippen molar-refractivity contribution in [2.75, 3.05) is 5.73 Å². The molecule has 2 aromatic heterocycles. The zero-order chi connectivity index (χ0) is 12.6. The van der Waals surface area contributed by atoms with E-state index < -0.39 is 0 Å². The summed E-state index contributed by atoms with van der Waals surface area (Å²) >= 11 is 6.19. The highest BCUT2D eigenvalue weighted by molar-refractivity contribution is 6.33. The van der Waals surface area contributed by atoms with Gasteiger partial charge in [0.1, 0.15) is 10.8 Å². The summed E-state index contributed by atoms with van der Waals surface area (Å²) in [6, 6.07) is 3.55. The molecule has 0 atom stereocenters. The Balaban J connectivity index is 2.59. The van der Waals surface area contributed by atoms with Gasteiger partial charge < -0.3 is 5.73 Å². The Hall–Kier alpha value is -1.62. The summed E-state index contributed by atoms with van der Waals surface area (Å²) in [5.41, 5.74) is 6.52. The molecule has 2 aromatic rings. The minimum Gasteiger partial charge on any atom is -0.382 e. The van der Waals surface area contributed by atoms with Gasteiger partial charge in [-0.25, -0.2) is 0 Å². The molecule has 0 saturated carbocycles. The van der Waals surface area contributed by atoms with Gasteiger partial charge in [-0.15, -0.1) is 5.10 Å². The summed E-state index contributed by atoms with van der Waals surface area (Å²) in [7, 11) is 0. The van der Waals surface area contributed by atoms with Crippen LogP contribution < -0.4 is 5.73 Å². The number of anilines is 1. The molecule has 2 heterocycles. The summed E-state index contributed by atoms with van der Waals surface area (Å²) in [5, 5.41) is 12.6. The van der Waals surface area contributed by atoms with Crippen LogP contribution in [-0.2, 0) is 5.41 Å². The highest BCUT2D eigenvalue weighted by Gasteiger charge is 2.25. The van der Waals surface area contributed by atoms with Gasteiger partial charge in [-0.05, 0) is 12.1 Å². The zero-order valence-electron chi connectivity index (χ0n) is 9.98. The molecule has 2 N–H and O–H groups in total. The third-order valence-electron chi connectivity index (χ3n) is 2.35. The van der Waals surface area contributed by atoms with E-state index in [4.69, 9.17) is 17.3 Å². The van der Waals surface area contributed by atoms with Gasteiger partial charge in [0.05, 0.1) is 5.69 Å². The second kappa shape index (κ2) is 4.00. The number of nitrogen functional groups attached to an aromatic ring is 1. The smallest absolute Gasteiger partial charge is 0.178 e. The molecule has 90 valence electrons. The summed E-state index contributed by atoms with van der Waals surface area (Å²) in [5.74, 6) is 0.944. The highest BCUT2D eigenvalue weighted by Crippen LogP contribution is 2.33. The van der Waals surface area contributed by atoms with Gasteiger partial charge in [-0.2, -0.15) is 14.9 Å². The standard InChI is InChI=1S/C11H14ClN5/c1-11(2,3)9-8(12)10(13)17(16-9)7-5-4-6-14-15-7/h4-6H,13H2,1-3H3. The van der Waals surface area contributed by atoms with Gasteiger partial charge in [0.2, 0.25) is 0 Å². The summed E-state index contributed by atoms with van der Waals surface area (Å²) < 4.78 is 1.51. The predicted octanol–water partition coefficient (Wildman–Crippen LogP) is 2.20. The average Bonchev–Trinajstić information content (AvgIpc) is 2.57. The fraction of sp³-hybridized carbons (Fsp3) is 0.364. The molecule has 0 aliphatic rings. The SMILES string of the molecule is CC(C)(C)c1nn(-c2cccnn2)c(N)c1Cl. The number of aromatic nitrogens is 4. The minimum atomic E-state index is -0.168. The monoisotopic (exact) mass is 251 g/mol. The van der Waals surface area contributed by atoms with Crippen molar-refractivity contribution >= 4 is 17.4 Å². The first-order valence-electron chi connectivity index (χ1n) is 5.24. The van der Waals surface area contributed by atoms with Crippen molar-refractivity contribution in [1.29, 1.82) is 0 Å². The van der Waals surface area contributed by atoms with E-state index in [1.54, 1.807) is 18.3 Å². The Morgan fingerprint density at radius 3 is 2.53 bits per heavy atom. The van der Waals surface area contributed by atoms with Gasteiger partial charge >= 0.3 is 0 Å². The van der Waals surface area contributed by atoms with E-state index in [9.17, 15) is 0 Å². The number of nitrogens with zero attached hydrogens (tertiary/aromatic N) is 4. The van der Waals surface area contributed by atoms with E-state index in [0.29, 0.717) is 16.7 Å². The summed E-state index contributed by atoms with van der Waals surface area (Å²) in [6.07, 6.45) is 1.59. The normalized spacial score (nSPS) is 11.8. The molecule has 0 radical (unpaired) electrons. The molecule has 17 heavy (non-hydrogen) atoms. The van der Waals surface area contributed by atoms with Crippen LogP contribution in [0.15, 0.2) is 18.3 Å². The molecule has 0 saturated heterocycles. The maximum absolute atomic E-state index is 6.19. The van der Waals surface area contributed by atoms with Gasteiger partial charge in [0.15, 0.2) is 5.82 Å². The Morgan fingerprint density at radius 1 is 1.35 bits per heavy atom. The van der Waals surface area contributed by atoms with Crippen molar-refractivity contribution in [3.05, 3.63) is 29.0 Å². The quantitative estimate of drug-likeness (QED) is 0.844. The topological polar surface area (TPSA) is 69.6 Å². The Kier molecular flexibility index (Phi) is 2.79. The molecule has 2 rings (SSSR count). The van der Waals surface area contributed by atoms with Crippen molar-refractivity contribution in [3.8, 4) is 5.82 Å². The van der Waals surface area contributed by atoms with Crippen LogP contribution in [0.1, 0.15) is 26.5 Å². The lowest BCUT2D eigenvalue weighted by atomic mass is 9.92. The van der Waals surface area contributed by atoms with Gasteiger partial charge in [-0.1, -0.05) is 32.4 Å². The lowest BCUT2D eigenvalue weighted by Crippen LogP contribution is -2.13. The second-order valence-electron chi connectivity index (χ2n) is 4.79. The van der Waals surface area contributed by atoms with Crippen molar-refractivity contribution in [1.82, 2.24) is 20.0 Å². The fourth-order valence-corrected chi connectivity index (χ4v) is 1.87. The van der Waals surface area contributed by atoms with Crippen LogP contribution in [0.25, 0.3) is 5.82 Å². The number of halogens is 1. The number of hydrogen-bond donors (Lipinski definition) is 1. The third kappa shape index (κ3) is 2.10. The van der Waals surface area contributed by atoms with Crippen LogP contribution >= 0.6 is 11.6 Å². The third-order valence-corrected chi connectivity index (χ3v) is 2.72. The first-order chi connectivity index (χ1) is 7.91. The largest absolute Gasteiger partial charge is 0.382 e. The molecule has 0 fully saturated rings. The van der Waals surface area contributed by atoms with Crippen LogP contribution in [0, 0.1) is 0 Å². The van der Waals surface area contributed by atoms with Crippen molar-refractivity contribution in [2.45, 2.75) is 26.2 Å². The zero-order valence-corrected chi connectivity index (χ0v) is 10.7. The molecule has 0 aliphatic carbocycles. The molecule has 6 heteroatoms. The first kappa shape index (κ1) is 11.9. The fourth-order valence-electron chi connectivity index (χ4n) is 1.47. The second-order valence-corrected chi connectivity index (χ2v) is 5.17. The van der Waals surface area contributed by atoms with E-state index in [1.165, 1.54) is 4.68 Å². The predicted molar refractivity (Wildman–Crippen MR) is 67.3 cm³/mol. The van der Waals surface area contributed by atoms with Gasteiger partial charge in [-0.3, -0.25) is 0 Å². The van der Waals surface area contributed by atoms with E-state index in [2.05, 4.69) is 15.3 Å². The molecule has 0 amide bonds. The Labute approximate surface area is 105 Å².